The molecule has 0 aliphatic carbocycles. The minimum Gasteiger partial charge on any atom is -0.361 e. The first-order valence-electron chi connectivity index (χ1n) is 9.44. The summed E-state index contributed by atoms with van der Waals surface area (Å²) in [7, 11) is 0. The number of H-pyrrole nitrogens is 1. The van der Waals surface area contributed by atoms with Crippen molar-refractivity contribution in [2.24, 2.45) is 5.41 Å². The number of rotatable bonds is 2. The van der Waals surface area contributed by atoms with E-state index in [9.17, 15) is 9.59 Å². The van der Waals surface area contributed by atoms with Gasteiger partial charge >= 0.3 is 6.03 Å². The first-order valence-corrected chi connectivity index (χ1v) is 9.44. The SMILES string of the molecule is C[C@H](NC(=O)N1CCC2(CCC(=O)NC2)CC1)c1ccc2[nH]ccc2c1. The van der Waals surface area contributed by atoms with Crippen LogP contribution >= 0.6 is 0 Å². The molecule has 1 atom stereocenters. The number of nitrogens with one attached hydrogen (secondary N) is 3. The molecule has 2 aromatic rings. The fraction of sp³-hybridized carbons (Fsp3) is 0.500. The van der Waals surface area contributed by atoms with E-state index < -0.39 is 0 Å². The van der Waals surface area contributed by atoms with Gasteiger partial charge in [-0.25, -0.2) is 4.79 Å². The average Bonchev–Trinajstić information content (AvgIpc) is 3.12. The fourth-order valence-electron chi connectivity index (χ4n) is 4.15. The number of carbonyl (C=O) groups excluding carboxylic acids is 2. The Morgan fingerprint density at radius 2 is 2.04 bits per heavy atom. The predicted molar refractivity (Wildman–Crippen MR) is 101 cm³/mol. The molecule has 3 amide bonds. The van der Waals surface area contributed by atoms with Crippen LogP contribution in [0.25, 0.3) is 10.9 Å². The van der Waals surface area contributed by atoms with Crippen LogP contribution in [-0.4, -0.2) is 41.5 Å². The molecule has 138 valence electrons. The predicted octanol–water partition coefficient (Wildman–Crippen LogP) is 2.93. The minimum absolute atomic E-state index is 0.00126. The maximum atomic E-state index is 12.7. The maximum absolute atomic E-state index is 12.7. The van der Waals surface area contributed by atoms with Crippen molar-refractivity contribution >= 4 is 22.8 Å². The Balaban J connectivity index is 1.34. The van der Waals surface area contributed by atoms with E-state index in [0.717, 1.165) is 55.4 Å². The van der Waals surface area contributed by atoms with Crippen molar-refractivity contribution in [2.75, 3.05) is 19.6 Å². The number of urea groups is 1. The van der Waals surface area contributed by atoms with Crippen LogP contribution in [0.5, 0.6) is 0 Å². The van der Waals surface area contributed by atoms with Gasteiger partial charge in [0.25, 0.3) is 0 Å². The van der Waals surface area contributed by atoms with Crippen molar-refractivity contribution in [1.29, 1.82) is 0 Å². The van der Waals surface area contributed by atoms with Gasteiger partial charge in [-0.15, -0.1) is 0 Å². The topological polar surface area (TPSA) is 77.2 Å². The maximum Gasteiger partial charge on any atom is 0.317 e. The van der Waals surface area contributed by atoms with Crippen LogP contribution in [-0.2, 0) is 4.79 Å². The largest absolute Gasteiger partial charge is 0.361 e. The standard InChI is InChI=1S/C20H26N4O2/c1-14(15-2-3-17-16(12-15)5-9-21-17)23-19(26)24-10-7-20(8-11-24)6-4-18(25)22-13-20/h2-3,5,9,12,14,21H,4,6-8,10-11,13H2,1H3,(H,22,25)(H,23,26)/t14-/m0/s1. The highest BCUT2D eigenvalue weighted by atomic mass is 16.2. The van der Waals surface area contributed by atoms with Crippen molar-refractivity contribution in [3.63, 3.8) is 0 Å². The zero-order chi connectivity index (χ0) is 18.1. The molecule has 0 radical (unpaired) electrons. The number of piperidine rings is 2. The van der Waals surface area contributed by atoms with Gasteiger partial charge in [0.2, 0.25) is 5.91 Å². The van der Waals surface area contributed by atoms with Gasteiger partial charge in [0.15, 0.2) is 0 Å². The molecule has 6 nitrogen and oxygen atoms in total. The summed E-state index contributed by atoms with van der Waals surface area (Å²) in [6.07, 6.45) is 5.41. The van der Waals surface area contributed by atoms with Crippen molar-refractivity contribution in [3.8, 4) is 0 Å². The molecular weight excluding hydrogens is 328 g/mol. The summed E-state index contributed by atoms with van der Waals surface area (Å²) in [5.74, 6) is 0.156. The monoisotopic (exact) mass is 354 g/mol. The Morgan fingerprint density at radius 3 is 2.77 bits per heavy atom. The van der Waals surface area contributed by atoms with E-state index in [-0.39, 0.29) is 23.4 Å². The number of carbonyl (C=O) groups is 2. The molecule has 1 aromatic heterocycles. The Morgan fingerprint density at radius 1 is 1.23 bits per heavy atom. The van der Waals surface area contributed by atoms with Crippen LogP contribution in [0.1, 0.15) is 44.2 Å². The zero-order valence-corrected chi connectivity index (χ0v) is 15.2. The van der Waals surface area contributed by atoms with Gasteiger partial charge in [-0.2, -0.15) is 0 Å². The molecule has 2 aliphatic rings. The van der Waals surface area contributed by atoms with E-state index in [1.54, 1.807) is 0 Å². The van der Waals surface area contributed by atoms with Gasteiger partial charge in [-0.3, -0.25) is 4.79 Å². The van der Waals surface area contributed by atoms with E-state index in [1.165, 1.54) is 0 Å². The highest BCUT2D eigenvalue weighted by Crippen LogP contribution is 2.37. The highest BCUT2D eigenvalue weighted by Gasteiger charge is 2.38. The molecule has 2 fully saturated rings. The van der Waals surface area contributed by atoms with E-state index in [1.807, 2.05) is 24.1 Å². The fourth-order valence-corrected chi connectivity index (χ4v) is 4.15. The molecule has 0 unspecified atom stereocenters. The number of likely N-dealkylation sites (tertiary alicyclic amines) is 1. The summed E-state index contributed by atoms with van der Waals surface area (Å²) in [6, 6.07) is 8.23. The van der Waals surface area contributed by atoms with Gasteiger partial charge in [-0.1, -0.05) is 6.07 Å². The summed E-state index contributed by atoms with van der Waals surface area (Å²) in [6.45, 7) is 4.29. The van der Waals surface area contributed by atoms with Gasteiger partial charge in [0, 0.05) is 37.8 Å². The molecule has 1 spiro atoms. The van der Waals surface area contributed by atoms with E-state index in [2.05, 4.69) is 33.8 Å². The van der Waals surface area contributed by atoms with Crippen LogP contribution in [0, 0.1) is 5.41 Å². The summed E-state index contributed by atoms with van der Waals surface area (Å²) < 4.78 is 0. The number of hydrogen-bond donors (Lipinski definition) is 3. The lowest BCUT2D eigenvalue weighted by Gasteiger charge is -2.44. The van der Waals surface area contributed by atoms with Crippen LogP contribution in [0.3, 0.4) is 0 Å². The van der Waals surface area contributed by atoms with Crippen LogP contribution in [0.15, 0.2) is 30.5 Å². The Bertz CT molecular complexity index is 808. The first kappa shape index (κ1) is 16.9. The smallest absolute Gasteiger partial charge is 0.317 e. The lowest BCUT2D eigenvalue weighted by Crippen LogP contribution is -2.52. The summed E-state index contributed by atoms with van der Waals surface area (Å²) in [4.78, 5) is 29.1. The molecular formula is C20H26N4O2. The second-order valence-corrected chi connectivity index (χ2v) is 7.76. The zero-order valence-electron chi connectivity index (χ0n) is 15.2. The normalized spacial score (nSPS) is 20.8. The number of fused-ring (bicyclic) bond motifs is 1. The molecule has 26 heavy (non-hydrogen) atoms. The van der Waals surface area contributed by atoms with Crippen LogP contribution < -0.4 is 10.6 Å². The Labute approximate surface area is 153 Å². The van der Waals surface area contributed by atoms with Gasteiger partial charge in [0.05, 0.1) is 6.04 Å². The van der Waals surface area contributed by atoms with Crippen molar-refractivity contribution in [1.82, 2.24) is 20.5 Å². The number of hydrogen-bond acceptors (Lipinski definition) is 2. The number of amides is 3. The Kier molecular flexibility index (Phi) is 4.34. The number of aromatic amines is 1. The molecule has 6 heteroatoms. The third-order valence-corrected chi connectivity index (χ3v) is 6.07. The number of benzene rings is 1. The minimum atomic E-state index is -0.0355. The number of nitrogens with zero attached hydrogens (tertiary/aromatic N) is 1. The van der Waals surface area contributed by atoms with E-state index in [4.69, 9.17) is 0 Å². The quantitative estimate of drug-likeness (QED) is 0.775. The lowest BCUT2D eigenvalue weighted by atomic mass is 9.73. The van der Waals surface area contributed by atoms with Gasteiger partial charge in [0.1, 0.15) is 0 Å². The van der Waals surface area contributed by atoms with Gasteiger partial charge in [-0.05, 0) is 60.7 Å². The third-order valence-electron chi connectivity index (χ3n) is 6.07. The second kappa shape index (κ2) is 6.67. The third kappa shape index (κ3) is 3.28. The molecule has 3 N–H and O–H groups in total. The van der Waals surface area contributed by atoms with Gasteiger partial charge < -0.3 is 20.5 Å². The average molecular weight is 354 g/mol. The molecule has 0 saturated carbocycles. The van der Waals surface area contributed by atoms with E-state index in [0.29, 0.717) is 6.42 Å². The van der Waals surface area contributed by atoms with Crippen molar-refractivity contribution in [2.45, 2.75) is 38.6 Å². The Hall–Kier alpha value is -2.50. The molecule has 1 aromatic carbocycles. The second-order valence-electron chi connectivity index (χ2n) is 7.76. The molecule has 0 bridgehead atoms. The lowest BCUT2D eigenvalue weighted by molar-refractivity contribution is -0.125. The van der Waals surface area contributed by atoms with Crippen LogP contribution in [0.2, 0.25) is 0 Å². The summed E-state index contributed by atoms with van der Waals surface area (Å²) in [5, 5.41) is 7.28. The molecule has 4 rings (SSSR count). The summed E-state index contributed by atoms with van der Waals surface area (Å²) in [5.41, 5.74) is 2.40. The number of aromatic nitrogens is 1. The summed E-state index contributed by atoms with van der Waals surface area (Å²) >= 11 is 0. The van der Waals surface area contributed by atoms with Crippen molar-refractivity contribution in [3.05, 3.63) is 36.0 Å². The highest BCUT2D eigenvalue weighted by molar-refractivity contribution is 5.80. The molecule has 3 heterocycles. The molecule has 2 saturated heterocycles. The molecule has 2 aliphatic heterocycles. The van der Waals surface area contributed by atoms with E-state index >= 15 is 0 Å². The first-order chi connectivity index (χ1) is 12.5. The van der Waals surface area contributed by atoms with Crippen LogP contribution in [0.4, 0.5) is 4.79 Å². The van der Waals surface area contributed by atoms with Crippen molar-refractivity contribution < 1.29 is 9.59 Å².